The normalized spacial score (nSPS) is 19.0. The second-order valence-corrected chi connectivity index (χ2v) is 5.78. The smallest absolute Gasteiger partial charge is 0.272 e. The topological polar surface area (TPSA) is 63.1 Å². The number of likely N-dealkylation sites (tertiary alicyclic amines) is 1. The molecular formula is C16H21N5O. The lowest BCUT2D eigenvalue weighted by Crippen LogP contribution is -2.47. The Morgan fingerprint density at radius 1 is 1.36 bits per heavy atom. The molecule has 0 aromatic carbocycles. The van der Waals surface area contributed by atoms with Crippen LogP contribution in [-0.2, 0) is 13.6 Å². The molecule has 6 nitrogen and oxygen atoms in total. The van der Waals surface area contributed by atoms with Gasteiger partial charge in [0.05, 0.1) is 0 Å². The van der Waals surface area contributed by atoms with Crippen LogP contribution in [0.25, 0.3) is 0 Å². The Labute approximate surface area is 130 Å². The van der Waals surface area contributed by atoms with Crippen molar-refractivity contribution >= 4 is 5.91 Å². The molecule has 1 N–H and O–H groups in total. The minimum Gasteiger partial charge on any atom is -0.347 e. The van der Waals surface area contributed by atoms with Gasteiger partial charge in [-0.1, -0.05) is 0 Å². The van der Waals surface area contributed by atoms with Gasteiger partial charge in [0.15, 0.2) is 0 Å². The van der Waals surface area contributed by atoms with E-state index in [9.17, 15) is 4.79 Å². The lowest BCUT2D eigenvalue weighted by molar-refractivity contribution is 0.0895. The van der Waals surface area contributed by atoms with Gasteiger partial charge in [0.25, 0.3) is 5.91 Å². The van der Waals surface area contributed by atoms with Crippen molar-refractivity contribution in [1.82, 2.24) is 25.0 Å². The highest BCUT2D eigenvalue weighted by Gasteiger charge is 2.22. The third-order valence-corrected chi connectivity index (χ3v) is 3.94. The fourth-order valence-corrected chi connectivity index (χ4v) is 2.86. The summed E-state index contributed by atoms with van der Waals surface area (Å²) in [4.78, 5) is 18.6. The number of aromatic nitrogens is 3. The molecule has 1 amide bonds. The van der Waals surface area contributed by atoms with E-state index < -0.39 is 0 Å². The largest absolute Gasteiger partial charge is 0.347 e. The van der Waals surface area contributed by atoms with Gasteiger partial charge in [-0.3, -0.25) is 19.4 Å². The molecule has 2 aromatic heterocycles. The third-order valence-electron chi connectivity index (χ3n) is 3.94. The Hall–Kier alpha value is -2.21. The number of carbonyl (C=O) groups is 1. The Morgan fingerprint density at radius 2 is 2.18 bits per heavy atom. The van der Waals surface area contributed by atoms with Crippen LogP contribution in [0.15, 0.2) is 36.8 Å². The zero-order chi connectivity index (χ0) is 15.4. The number of rotatable bonds is 4. The molecule has 1 aliphatic rings. The van der Waals surface area contributed by atoms with Gasteiger partial charge < -0.3 is 5.32 Å². The molecule has 22 heavy (non-hydrogen) atoms. The van der Waals surface area contributed by atoms with Crippen molar-refractivity contribution in [3.63, 3.8) is 0 Å². The minimum absolute atomic E-state index is 0.0867. The monoisotopic (exact) mass is 299 g/mol. The van der Waals surface area contributed by atoms with Crippen molar-refractivity contribution < 1.29 is 4.79 Å². The summed E-state index contributed by atoms with van der Waals surface area (Å²) in [5.41, 5.74) is 1.74. The van der Waals surface area contributed by atoms with E-state index in [-0.39, 0.29) is 11.9 Å². The SMILES string of the molecule is Cn1ccc(C(=O)NC2CCCN(Cc3ccncc3)C2)n1. The van der Waals surface area contributed by atoms with Crippen LogP contribution >= 0.6 is 0 Å². The molecule has 1 fully saturated rings. The molecule has 0 bridgehead atoms. The van der Waals surface area contributed by atoms with E-state index in [1.54, 1.807) is 16.9 Å². The van der Waals surface area contributed by atoms with Crippen LogP contribution in [0.1, 0.15) is 28.9 Å². The van der Waals surface area contributed by atoms with Crippen molar-refractivity contribution in [2.24, 2.45) is 7.05 Å². The van der Waals surface area contributed by atoms with E-state index >= 15 is 0 Å². The molecule has 6 heteroatoms. The molecule has 3 rings (SSSR count). The zero-order valence-corrected chi connectivity index (χ0v) is 12.8. The highest BCUT2D eigenvalue weighted by Crippen LogP contribution is 2.14. The zero-order valence-electron chi connectivity index (χ0n) is 12.8. The quantitative estimate of drug-likeness (QED) is 0.922. The Kier molecular flexibility index (Phi) is 4.48. The Bertz CT molecular complexity index is 624. The highest BCUT2D eigenvalue weighted by atomic mass is 16.2. The lowest BCUT2D eigenvalue weighted by Gasteiger charge is -2.33. The maximum atomic E-state index is 12.2. The van der Waals surface area contributed by atoms with Crippen LogP contribution in [0, 0.1) is 0 Å². The number of piperidine rings is 1. The lowest BCUT2D eigenvalue weighted by atomic mass is 10.0. The Balaban J connectivity index is 1.55. The number of aryl methyl sites for hydroxylation is 1. The number of nitrogens with one attached hydrogen (secondary N) is 1. The molecule has 1 unspecified atom stereocenters. The van der Waals surface area contributed by atoms with Crippen LogP contribution in [0.2, 0.25) is 0 Å². The predicted molar refractivity (Wildman–Crippen MR) is 83.2 cm³/mol. The molecule has 0 aliphatic carbocycles. The Morgan fingerprint density at radius 3 is 2.91 bits per heavy atom. The van der Waals surface area contributed by atoms with Gasteiger partial charge in [0, 0.05) is 44.8 Å². The highest BCUT2D eigenvalue weighted by molar-refractivity contribution is 5.92. The van der Waals surface area contributed by atoms with E-state index in [1.165, 1.54) is 5.56 Å². The summed E-state index contributed by atoms with van der Waals surface area (Å²) in [7, 11) is 1.81. The number of hydrogen-bond acceptors (Lipinski definition) is 4. The van der Waals surface area contributed by atoms with Gasteiger partial charge in [-0.05, 0) is 43.1 Å². The fourth-order valence-electron chi connectivity index (χ4n) is 2.86. The molecule has 0 spiro atoms. The van der Waals surface area contributed by atoms with Gasteiger partial charge in [-0.2, -0.15) is 5.10 Å². The van der Waals surface area contributed by atoms with E-state index in [4.69, 9.17) is 0 Å². The number of nitrogens with zero attached hydrogens (tertiary/aromatic N) is 4. The molecular weight excluding hydrogens is 278 g/mol. The summed E-state index contributed by atoms with van der Waals surface area (Å²) in [6.45, 7) is 2.84. The molecule has 0 saturated carbocycles. The fraction of sp³-hybridized carbons (Fsp3) is 0.438. The number of pyridine rings is 1. The molecule has 0 radical (unpaired) electrons. The number of carbonyl (C=O) groups excluding carboxylic acids is 1. The summed E-state index contributed by atoms with van der Waals surface area (Å²) in [6, 6.07) is 6.00. The van der Waals surface area contributed by atoms with Crippen molar-refractivity contribution in [1.29, 1.82) is 0 Å². The molecule has 116 valence electrons. The molecule has 2 aromatic rings. The summed E-state index contributed by atoms with van der Waals surface area (Å²) in [5.74, 6) is -0.0867. The maximum absolute atomic E-state index is 12.2. The number of amides is 1. The second-order valence-electron chi connectivity index (χ2n) is 5.78. The standard InChI is InChI=1S/C16H21N5O/c1-20-10-6-15(19-20)16(22)18-14-3-2-9-21(12-14)11-13-4-7-17-8-5-13/h4-8,10,14H,2-3,9,11-12H2,1H3,(H,18,22). The second kappa shape index (κ2) is 6.70. The average molecular weight is 299 g/mol. The predicted octanol–water partition coefficient (Wildman–Crippen LogP) is 1.21. The third kappa shape index (κ3) is 3.71. The molecule has 1 saturated heterocycles. The van der Waals surface area contributed by atoms with Crippen molar-refractivity contribution in [3.8, 4) is 0 Å². The van der Waals surface area contributed by atoms with Crippen LogP contribution in [-0.4, -0.2) is 44.7 Å². The summed E-state index contributed by atoms with van der Waals surface area (Å²) < 4.78 is 1.64. The van der Waals surface area contributed by atoms with Crippen LogP contribution in [0.3, 0.4) is 0 Å². The number of hydrogen-bond donors (Lipinski definition) is 1. The summed E-state index contributed by atoms with van der Waals surface area (Å²) in [5, 5.41) is 7.24. The van der Waals surface area contributed by atoms with Crippen molar-refractivity contribution in [3.05, 3.63) is 48.0 Å². The summed E-state index contributed by atoms with van der Waals surface area (Å²) >= 11 is 0. The molecule has 3 heterocycles. The van der Waals surface area contributed by atoms with E-state index in [0.29, 0.717) is 5.69 Å². The first kappa shape index (κ1) is 14.7. The van der Waals surface area contributed by atoms with Gasteiger partial charge in [-0.25, -0.2) is 0 Å². The first-order valence-corrected chi connectivity index (χ1v) is 7.62. The van der Waals surface area contributed by atoms with Gasteiger partial charge >= 0.3 is 0 Å². The minimum atomic E-state index is -0.0867. The van der Waals surface area contributed by atoms with Crippen LogP contribution in [0.4, 0.5) is 0 Å². The van der Waals surface area contributed by atoms with Gasteiger partial charge in [0.1, 0.15) is 5.69 Å². The summed E-state index contributed by atoms with van der Waals surface area (Å²) in [6.07, 6.45) is 7.54. The van der Waals surface area contributed by atoms with E-state index in [1.807, 2.05) is 31.6 Å². The van der Waals surface area contributed by atoms with Crippen molar-refractivity contribution in [2.45, 2.75) is 25.4 Å². The van der Waals surface area contributed by atoms with Gasteiger partial charge in [0.2, 0.25) is 0 Å². The molecule has 1 atom stereocenters. The van der Waals surface area contributed by atoms with Crippen molar-refractivity contribution in [2.75, 3.05) is 13.1 Å². The average Bonchev–Trinajstić information content (AvgIpc) is 2.95. The first-order valence-electron chi connectivity index (χ1n) is 7.62. The van der Waals surface area contributed by atoms with E-state index in [0.717, 1.165) is 32.5 Å². The first-order chi connectivity index (χ1) is 10.7. The van der Waals surface area contributed by atoms with Crippen LogP contribution < -0.4 is 5.32 Å². The maximum Gasteiger partial charge on any atom is 0.272 e. The van der Waals surface area contributed by atoms with Crippen LogP contribution in [0.5, 0.6) is 0 Å². The van der Waals surface area contributed by atoms with E-state index in [2.05, 4.69) is 20.3 Å². The van der Waals surface area contributed by atoms with Gasteiger partial charge in [-0.15, -0.1) is 0 Å². The molecule has 1 aliphatic heterocycles.